The van der Waals surface area contributed by atoms with Gasteiger partial charge in [0.2, 0.25) is 11.8 Å². The second-order valence-electron chi connectivity index (χ2n) is 7.44. The number of carbonyl (C=O) groups excluding carboxylic acids is 2. The molecule has 0 radical (unpaired) electrons. The van der Waals surface area contributed by atoms with Crippen molar-refractivity contribution in [3.05, 3.63) is 59.7 Å². The summed E-state index contributed by atoms with van der Waals surface area (Å²) in [5.41, 5.74) is 4.14. The lowest BCUT2D eigenvalue weighted by molar-refractivity contribution is -0.120. The molecule has 2 amide bonds. The van der Waals surface area contributed by atoms with E-state index in [-0.39, 0.29) is 23.7 Å². The van der Waals surface area contributed by atoms with Gasteiger partial charge in [0, 0.05) is 29.8 Å². The van der Waals surface area contributed by atoms with Gasteiger partial charge in [-0.1, -0.05) is 37.3 Å². The Morgan fingerprint density at radius 1 is 1.15 bits per heavy atom. The van der Waals surface area contributed by atoms with Crippen LogP contribution < -0.4 is 10.2 Å². The molecular formula is C22H24N2O2. The summed E-state index contributed by atoms with van der Waals surface area (Å²) in [6, 6.07) is 16.0. The molecule has 0 bridgehead atoms. The van der Waals surface area contributed by atoms with Crippen molar-refractivity contribution in [3.8, 4) is 0 Å². The van der Waals surface area contributed by atoms with E-state index in [1.54, 1.807) is 0 Å². The van der Waals surface area contributed by atoms with Crippen LogP contribution in [0, 0.1) is 11.8 Å². The molecule has 1 atom stereocenters. The first-order valence-corrected chi connectivity index (χ1v) is 9.41. The molecule has 1 saturated carbocycles. The van der Waals surface area contributed by atoms with E-state index in [1.165, 1.54) is 5.56 Å². The maximum absolute atomic E-state index is 12.5. The lowest BCUT2D eigenvalue weighted by Crippen LogP contribution is -2.30. The topological polar surface area (TPSA) is 49.4 Å². The molecule has 2 aromatic carbocycles. The van der Waals surface area contributed by atoms with Gasteiger partial charge in [0.15, 0.2) is 0 Å². The second-order valence-corrected chi connectivity index (χ2v) is 7.44. The molecule has 134 valence electrons. The van der Waals surface area contributed by atoms with Gasteiger partial charge >= 0.3 is 0 Å². The monoisotopic (exact) mass is 348 g/mol. The van der Waals surface area contributed by atoms with Crippen LogP contribution in [-0.4, -0.2) is 18.4 Å². The molecular weight excluding hydrogens is 324 g/mol. The number of rotatable bonds is 5. The van der Waals surface area contributed by atoms with Crippen molar-refractivity contribution in [3.63, 3.8) is 0 Å². The third-order valence-corrected chi connectivity index (χ3v) is 5.27. The van der Waals surface area contributed by atoms with Crippen LogP contribution in [0.1, 0.15) is 30.9 Å². The van der Waals surface area contributed by atoms with Crippen LogP contribution in [0.3, 0.4) is 0 Å². The van der Waals surface area contributed by atoms with E-state index < -0.39 is 0 Å². The van der Waals surface area contributed by atoms with Crippen LogP contribution in [0.2, 0.25) is 0 Å². The smallest absolute Gasteiger partial charge is 0.230 e. The molecule has 1 heterocycles. The number of hydrogen-bond donors (Lipinski definition) is 1. The third kappa shape index (κ3) is 3.50. The highest BCUT2D eigenvalue weighted by molar-refractivity contribution is 5.99. The van der Waals surface area contributed by atoms with Crippen molar-refractivity contribution < 1.29 is 9.59 Å². The van der Waals surface area contributed by atoms with Gasteiger partial charge in [-0.25, -0.2) is 0 Å². The summed E-state index contributed by atoms with van der Waals surface area (Å²) in [6.45, 7) is 2.71. The number of nitrogens with one attached hydrogen (secondary N) is 1. The molecule has 4 heteroatoms. The molecule has 0 spiro atoms. The van der Waals surface area contributed by atoms with E-state index in [9.17, 15) is 9.59 Å². The zero-order chi connectivity index (χ0) is 18.1. The van der Waals surface area contributed by atoms with E-state index in [4.69, 9.17) is 0 Å². The SMILES string of the molecule is CC(Cc1ccccc1)C(=O)Nc1ccc2c(c1)CCN2C(=O)C1CC1. The predicted octanol–water partition coefficient (Wildman–Crippen LogP) is 3.80. The van der Waals surface area contributed by atoms with Crippen molar-refractivity contribution in [2.24, 2.45) is 11.8 Å². The van der Waals surface area contributed by atoms with E-state index >= 15 is 0 Å². The molecule has 1 fully saturated rings. The fraction of sp³-hybridized carbons (Fsp3) is 0.364. The summed E-state index contributed by atoms with van der Waals surface area (Å²) < 4.78 is 0. The largest absolute Gasteiger partial charge is 0.326 e. The Hall–Kier alpha value is -2.62. The van der Waals surface area contributed by atoms with Crippen LogP contribution in [0.25, 0.3) is 0 Å². The van der Waals surface area contributed by atoms with Gasteiger partial charge in [0.1, 0.15) is 0 Å². The zero-order valence-electron chi connectivity index (χ0n) is 15.1. The molecule has 2 aromatic rings. The van der Waals surface area contributed by atoms with Crippen molar-refractivity contribution >= 4 is 23.2 Å². The van der Waals surface area contributed by atoms with Crippen LogP contribution in [0.5, 0.6) is 0 Å². The molecule has 0 aromatic heterocycles. The van der Waals surface area contributed by atoms with Gasteiger partial charge in [0.25, 0.3) is 0 Å². The molecule has 4 rings (SSSR count). The highest BCUT2D eigenvalue weighted by Crippen LogP contribution is 2.37. The molecule has 1 aliphatic heterocycles. The van der Waals surface area contributed by atoms with E-state index in [0.717, 1.165) is 49.2 Å². The summed E-state index contributed by atoms with van der Waals surface area (Å²) in [4.78, 5) is 26.8. The summed E-state index contributed by atoms with van der Waals surface area (Å²) in [5.74, 6) is 0.424. The molecule has 4 nitrogen and oxygen atoms in total. The van der Waals surface area contributed by atoms with Gasteiger partial charge in [-0.2, -0.15) is 0 Å². The molecule has 26 heavy (non-hydrogen) atoms. The average Bonchev–Trinajstić information content (AvgIpc) is 3.41. The van der Waals surface area contributed by atoms with Crippen LogP contribution in [0.15, 0.2) is 48.5 Å². The summed E-state index contributed by atoms with van der Waals surface area (Å²) >= 11 is 0. The number of carbonyl (C=O) groups is 2. The molecule has 2 aliphatic rings. The Kier molecular flexibility index (Phi) is 4.49. The van der Waals surface area contributed by atoms with Crippen molar-refractivity contribution in [1.29, 1.82) is 0 Å². The Morgan fingerprint density at radius 2 is 1.92 bits per heavy atom. The quantitative estimate of drug-likeness (QED) is 0.893. The lowest BCUT2D eigenvalue weighted by atomic mass is 10.0. The second kappa shape index (κ2) is 6.94. The lowest BCUT2D eigenvalue weighted by Gasteiger charge is -2.18. The average molecular weight is 348 g/mol. The summed E-state index contributed by atoms with van der Waals surface area (Å²) in [7, 11) is 0. The number of fused-ring (bicyclic) bond motifs is 1. The van der Waals surface area contributed by atoms with Gasteiger partial charge in [-0.3, -0.25) is 9.59 Å². The first-order chi connectivity index (χ1) is 12.6. The molecule has 1 aliphatic carbocycles. The highest BCUT2D eigenvalue weighted by Gasteiger charge is 2.36. The minimum absolute atomic E-state index is 0.0257. The number of anilines is 2. The fourth-order valence-electron chi connectivity index (χ4n) is 3.58. The van der Waals surface area contributed by atoms with Crippen molar-refractivity contribution in [1.82, 2.24) is 0 Å². The number of nitrogens with zero attached hydrogens (tertiary/aromatic N) is 1. The number of amides is 2. The predicted molar refractivity (Wildman–Crippen MR) is 103 cm³/mol. The van der Waals surface area contributed by atoms with Gasteiger partial charge in [-0.15, -0.1) is 0 Å². The van der Waals surface area contributed by atoms with Crippen molar-refractivity contribution in [2.45, 2.75) is 32.6 Å². The Labute approximate surface area is 154 Å². The molecule has 1 unspecified atom stereocenters. The maximum Gasteiger partial charge on any atom is 0.230 e. The van der Waals surface area contributed by atoms with E-state index in [1.807, 2.05) is 60.4 Å². The maximum atomic E-state index is 12.5. The summed E-state index contributed by atoms with van der Waals surface area (Å²) in [5, 5.41) is 3.03. The number of benzene rings is 2. The van der Waals surface area contributed by atoms with Gasteiger partial charge < -0.3 is 10.2 Å². The summed E-state index contributed by atoms with van der Waals surface area (Å²) in [6.07, 6.45) is 3.63. The zero-order valence-corrected chi connectivity index (χ0v) is 15.1. The Balaban J connectivity index is 1.41. The Morgan fingerprint density at radius 3 is 2.65 bits per heavy atom. The normalized spacial score (nSPS) is 16.9. The minimum Gasteiger partial charge on any atom is -0.326 e. The van der Waals surface area contributed by atoms with Crippen LogP contribution in [0.4, 0.5) is 11.4 Å². The van der Waals surface area contributed by atoms with Gasteiger partial charge in [-0.05, 0) is 55.0 Å². The van der Waals surface area contributed by atoms with Crippen LogP contribution >= 0.6 is 0 Å². The van der Waals surface area contributed by atoms with E-state index in [2.05, 4.69) is 5.32 Å². The van der Waals surface area contributed by atoms with Crippen LogP contribution in [-0.2, 0) is 22.4 Å². The molecule has 0 saturated heterocycles. The minimum atomic E-state index is -0.0985. The number of hydrogen-bond acceptors (Lipinski definition) is 2. The first-order valence-electron chi connectivity index (χ1n) is 9.41. The van der Waals surface area contributed by atoms with Crippen molar-refractivity contribution in [2.75, 3.05) is 16.8 Å². The third-order valence-electron chi connectivity index (χ3n) is 5.27. The molecule has 1 N–H and O–H groups in total. The Bertz CT molecular complexity index is 827. The van der Waals surface area contributed by atoms with Gasteiger partial charge in [0.05, 0.1) is 0 Å². The fourth-order valence-corrected chi connectivity index (χ4v) is 3.58. The highest BCUT2D eigenvalue weighted by atomic mass is 16.2. The first kappa shape index (κ1) is 16.8. The standard InChI is InChI=1S/C22H24N2O2/c1-15(13-16-5-3-2-4-6-16)21(25)23-19-9-10-20-18(14-19)11-12-24(20)22(26)17-7-8-17/h2-6,9-10,14-15,17H,7-8,11-13H2,1H3,(H,23,25). The van der Waals surface area contributed by atoms with E-state index in [0.29, 0.717) is 0 Å².